The van der Waals surface area contributed by atoms with Crippen molar-refractivity contribution < 1.29 is 24.1 Å². The fourth-order valence-corrected chi connectivity index (χ4v) is 2.75. The highest BCUT2D eigenvalue weighted by molar-refractivity contribution is 5.99. The molecular weight excluding hydrogens is 312 g/mol. The molecule has 0 amide bonds. The van der Waals surface area contributed by atoms with Gasteiger partial charge in [-0.2, -0.15) is 0 Å². The number of aliphatic hydroxyl groups excluding tert-OH is 1. The molecule has 7 heteroatoms. The summed E-state index contributed by atoms with van der Waals surface area (Å²) in [6, 6.07) is 3.34. The van der Waals surface area contributed by atoms with E-state index in [0.29, 0.717) is 34.7 Å². The Hall–Kier alpha value is -2.38. The van der Waals surface area contributed by atoms with Crippen molar-refractivity contribution in [2.24, 2.45) is 0 Å². The molecule has 1 aliphatic rings. The van der Waals surface area contributed by atoms with E-state index >= 15 is 0 Å². The van der Waals surface area contributed by atoms with Crippen LogP contribution in [-0.4, -0.2) is 47.1 Å². The highest BCUT2D eigenvalue weighted by Crippen LogP contribution is 2.32. The lowest BCUT2D eigenvalue weighted by Crippen LogP contribution is -2.31. The molecule has 3 rings (SSSR count). The van der Waals surface area contributed by atoms with E-state index in [1.165, 1.54) is 7.11 Å². The molecule has 1 aromatic heterocycles. The smallest absolute Gasteiger partial charge is 0.341 e. The van der Waals surface area contributed by atoms with Crippen molar-refractivity contribution in [3.63, 3.8) is 0 Å². The molecule has 1 saturated heterocycles. The van der Waals surface area contributed by atoms with Gasteiger partial charge in [0, 0.05) is 6.61 Å². The Morgan fingerprint density at radius 1 is 1.58 bits per heavy atom. The lowest BCUT2D eigenvalue weighted by Gasteiger charge is -2.27. The average molecular weight is 332 g/mol. The molecule has 1 atom stereocenters. The Morgan fingerprint density at radius 3 is 2.96 bits per heavy atom. The van der Waals surface area contributed by atoms with E-state index in [4.69, 9.17) is 14.2 Å². The van der Waals surface area contributed by atoms with Crippen molar-refractivity contribution in [2.75, 3.05) is 20.3 Å². The summed E-state index contributed by atoms with van der Waals surface area (Å²) in [7, 11) is 1.32. The largest absolute Gasteiger partial charge is 0.486 e. The molecule has 0 aliphatic carbocycles. The number of carbonyl (C=O) groups excluding carboxylic acids is 1. The SMILES string of the molecule is C=CCOc1c(C(=O)OC)ccc2nc(CO)n(C[C@@H]3CCO3)c12. The zero-order chi connectivity index (χ0) is 17.1. The molecule has 2 heterocycles. The summed E-state index contributed by atoms with van der Waals surface area (Å²) in [5.41, 5.74) is 1.61. The minimum absolute atomic E-state index is 0.0711. The number of hydrogen-bond donors (Lipinski definition) is 1. The number of carbonyl (C=O) groups is 1. The van der Waals surface area contributed by atoms with Gasteiger partial charge in [0.05, 0.1) is 25.3 Å². The second kappa shape index (κ2) is 7.02. The van der Waals surface area contributed by atoms with Gasteiger partial charge in [-0.25, -0.2) is 9.78 Å². The van der Waals surface area contributed by atoms with Gasteiger partial charge < -0.3 is 23.9 Å². The van der Waals surface area contributed by atoms with Gasteiger partial charge in [0.25, 0.3) is 0 Å². The number of imidazole rings is 1. The summed E-state index contributed by atoms with van der Waals surface area (Å²) in [5.74, 6) is 0.394. The third-order valence-corrected chi connectivity index (χ3v) is 4.01. The Labute approximate surface area is 139 Å². The topological polar surface area (TPSA) is 82.8 Å². The number of benzene rings is 1. The third kappa shape index (κ3) is 2.88. The predicted molar refractivity (Wildman–Crippen MR) is 87.0 cm³/mol. The number of aromatic nitrogens is 2. The summed E-state index contributed by atoms with van der Waals surface area (Å²) < 4.78 is 17.9. The number of aliphatic hydroxyl groups is 1. The second-order valence-corrected chi connectivity index (χ2v) is 5.48. The molecule has 0 spiro atoms. The van der Waals surface area contributed by atoms with E-state index in [9.17, 15) is 9.90 Å². The number of nitrogens with zero attached hydrogens (tertiary/aromatic N) is 2. The minimum atomic E-state index is -0.492. The van der Waals surface area contributed by atoms with Crippen molar-refractivity contribution >= 4 is 17.0 Å². The van der Waals surface area contributed by atoms with Crippen LogP contribution >= 0.6 is 0 Å². The van der Waals surface area contributed by atoms with Gasteiger partial charge in [-0.1, -0.05) is 12.7 Å². The molecular formula is C17H20N2O5. The highest BCUT2D eigenvalue weighted by Gasteiger charge is 2.25. The van der Waals surface area contributed by atoms with Crippen LogP contribution in [0.5, 0.6) is 5.75 Å². The lowest BCUT2D eigenvalue weighted by molar-refractivity contribution is -0.0593. The monoisotopic (exact) mass is 332 g/mol. The van der Waals surface area contributed by atoms with E-state index in [-0.39, 0.29) is 19.3 Å². The molecule has 24 heavy (non-hydrogen) atoms. The number of methoxy groups -OCH3 is 1. The van der Waals surface area contributed by atoms with E-state index in [0.717, 1.165) is 13.0 Å². The molecule has 0 bridgehead atoms. The molecule has 1 aliphatic heterocycles. The molecule has 0 radical (unpaired) electrons. The van der Waals surface area contributed by atoms with Crippen molar-refractivity contribution in [3.8, 4) is 5.75 Å². The number of rotatable bonds is 7. The van der Waals surface area contributed by atoms with Crippen molar-refractivity contribution in [3.05, 3.63) is 36.2 Å². The molecule has 1 fully saturated rings. The molecule has 1 aromatic carbocycles. The van der Waals surface area contributed by atoms with Gasteiger partial charge in [-0.05, 0) is 18.6 Å². The summed E-state index contributed by atoms with van der Waals surface area (Å²) in [4.78, 5) is 16.5. The van der Waals surface area contributed by atoms with Gasteiger partial charge >= 0.3 is 5.97 Å². The maximum Gasteiger partial charge on any atom is 0.341 e. The van der Waals surface area contributed by atoms with Crippen LogP contribution in [0.4, 0.5) is 0 Å². The van der Waals surface area contributed by atoms with Gasteiger partial charge in [0.2, 0.25) is 0 Å². The summed E-state index contributed by atoms with van der Waals surface area (Å²) in [6.45, 7) is 4.95. The summed E-state index contributed by atoms with van der Waals surface area (Å²) in [5, 5.41) is 9.64. The van der Waals surface area contributed by atoms with Gasteiger partial charge in [0.1, 0.15) is 30.1 Å². The number of fused-ring (bicyclic) bond motifs is 1. The van der Waals surface area contributed by atoms with E-state index in [1.807, 2.05) is 4.57 Å². The first-order valence-electron chi connectivity index (χ1n) is 7.76. The molecule has 7 nitrogen and oxygen atoms in total. The normalized spacial score (nSPS) is 16.7. The Kier molecular flexibility index (Phi) is 4.82. The van der Waals surface area contributed by atoms with E-state index < -0.39 is 5.97 Å². The first kappa shape index (κ1) is 16.5. The van der Waals surface area contributed by atoms with Crippen LogP contribution in [0.25, 0.3) is 11.0 Å². The third-order valence-electron chi connectivity index (χ3n) is 4.01. The zero-order valence-corrected chi connectivity index (χ0v) is 13.5. The molecule has 2 aromatic rings. The van der Waals surface area contributed by atoms with Crippen LogP contribution in [0.2, 0.25) is 0 Å². The quantitative estimate of drug-likeness (QED) is 0.613. The number of hydrogen-bond acceptors (Lipinski definition) is 6. The summed E-state index contributed by atoms with van der Waals surface area (Å²) >= 11 is 0. The van der Waals surface area contributed by atoms with Crippen LogP contribution in [0.3, 0.4) is 0 Å². The van der Waals surface area contributed by atoms with E-state index in [2.05, 4.69) is 11.6 Å². The molecule has 1 N–H and O–H groups in total. The van der Waals surface area contributed by atoms with Crippen LogP contribution in [-0.2, 0) is 22.6 Å². The van der Waals surface area contributed by atoms with Crippen LogP contribution in [0, 0.1) is 0 Å². The second-order valence-electron chi connectivity index (χ2n) is 5.48. The Bertz CT molecular complexity index is 764. The van der Waals surface area contributed by atoms with Crippen LogP contribution in [0.15, 0.2) is 24.8 Å². The molecule has 128 valence electrons. The van der Waals surface area contributed by atoms with Crippen LogP contribution in [0.1, 0.15) is 22.6 Å². The lowest BCUT2D eigenvalue weighted by atomic mass is 10.1. The molecule has 0 saturated carbocycles. The zero-order valence-electron chi connectivity index (χ0n) is 13.5. The first-order chi connectivity index (χ1) is 11.7. The fourth-order valence-electron chi connectivity index (χ4n) is 2.75. The number of esters is 1. The molecule has 0 unspecified atom stereocenters. The predicted octanol–water partition coefficient (Wildman–Crippen LogP) is 1.67. The number of ether oxygens (including phenoxy) is 3. The first-order valence-corrected chi connectivity index (χ1v) is 7.76. The Balaban J connectivity index is 2.17. The van der Waals surface area contributed by atoms with Gasteiger partial charge in [-0.15, -0.1) is 0 Å². The standard InChI is InChI=1S/C17H20N2O5/c1-3-7-24-16-12(17(21)22-2)4-5-13-15(16)19(14(10-20)18-13)9-11-6-8-23-11/h3-5,11,20H,1,6-10H2,2H3/t11-/m0/s1. The highest BCUT2D eigenvalue weighted by atomic mass is 16.5. The Morgan fingerprint density at radius 2 is 2.38 bits per heavy atom. The minimum Gasteiger partial charge on any atom is -0.486 e. The van der Waals surface area contributed by atoms with Gasteiger partial charge in [-0.3, -0.25) is 0 Å². The fraction of sp³-hybridized carbons (Fsp3) is 0.412. The van der Waals surface area contributed by atoms with Gasteiger partial charge in [0.15, 0.2) is 5.75 Å². The van der Waals surface area contributed by atoms with E-state index in [1.54, 1.807) is 18.2 Å². The maximum atomic E-state index is 12.1. The van der Waals surface area contributed by atoms with Crippen LogP contribution < -0.4 is 4.74 Å². The van der Waals surface area contributed by atoms with Crippen molar-refractivity contribution in [1.82, 2.24) is 9.55 Å². The average Bonchev–Trinajstić information content (AvgIpc) is 2.93. The summed E-state index contributed by atoms with van der Waals surface area (Å²) in [6.07, 6.45) is 2.62. The maximum absolute atomic E-state index is 12.1. The van der Waals surface area contributed by atoms with Crippen molar-refractivity contribution in [2.45, 2.75) is 25.7 Å². The van der Waals surface area contributed by atoms with Crippen molar-refractivity contribution in [1.29, 1.82) is 0 Å².